The minimum absolute atomic E-state index is 0.0178. The number of hydrogen-bond donors (Lipinski definition) is 3. The zero-order valence-corrected chi connectivity index (χ0v) is 14.7. The lowest BCUT2D eigenvalue weighted by Gasteiger charge is -2.20. The predicted octanol–water partition coefficient (Wildman–Crippen LogP) is 2.81. The fourth-order valence-corrected chi connectivity index (χ4v) is 2.96. The van der Waals surface area contributed by atoms with E-state index >= 15 is 0 Å². The summed E-state index contributed by atoms with van der Waals surface area (Å²) in [6.45, 7) is 6.36. The first-order chi connectivity index (χ1) is 11.5. The minimum Gasteiger partial charge on any atom is -0.391 e. The van der Waals surface area contributed by atoms with Gasteiger partial charge in [-0.2, -0.15) is 0 Å². The lowest BCUT2D eigenvalue weighted by atomic mass is 9.96. The topological polar surface area (TPSA) is 78.4 Å². The van der Waals surface area contributed by atoms with Gasteiger partial charge in [-0.05, 0) is 36.5 Å². The van der Waals surface area contributed by atoms with Crippen LogP contribution in [0.1, 0.15) is 50.4 Å². The van der Waals surface area contributed by atoms with Crippen LogP contribution in [0.4, 0.5) is 5.69 Å². The van der Waals surface area contributed by atoms with Gasteiger partial charge in [-0.15, -0.1) is 0 Å². The molecule has 5 heteroatoms. The van der Waals surface area contributed by atoms with Crippen LogP contribution >= 0.6 is 0 Å². The molecule has 1 aliphatic rings. The van der Waals surface area contributed by atoms with E-state index in [-0.39, 0.29) is 30.2 Å². The Morgan fingerprint density at radius 1 is 1.29 bits per heavy atom. The van der Waals surface area contributed by atoms with Crippen molar-refractivity contribution >= 4 is 17.5 Å². The zero-order valence-electron chi connectivity index (χ0n) is 14.7. The van der Waals surface area contributed by atoms with E-state index in [1.807, 2.05) is 13.8 Å². The van der Waals surface area contributed by atoms with Crippen LogP contribution in [0, 0.1) is 17.8 Å². The van der Waals surface area contributed by atoms with Gasteiger partial charge < -0.3 is 15.7 Å². The Balaban J connectivity index is 1.90. The number of benzene rings is 1. The first-order valence-electron chi connectivity index (χ1n) is 8.83. The molecule has 3 atom stereocenters. The lowest BCUT2D eigenvalue weighted by Crippen LogP contribution is -2.36. The molecule has 2 rings (SSSR count). The Hall–Kier alpha value is -1.88. The summed E-state index contributed by atoms with van der Waals surface area (Å²) in [6, 6.07) is 6.90. The van der Waals surface area contributed by atoms with E-state index in [0.29, 0.717) is 17.2 Å². The third kappa shape index (κ3) is 4.81. The van der Waals surface area contributed by atoms with Gasteiger partial charge in [0.25, 0.3) is 5.91 Å². The number of nitrogens with one attached hydrogen (secondary N) is 2. The number of rotatable bonds is 8. The van der Waals surface area contributed by atoms with Gasteiger partial charge in [-0.25, -0.2) is 0 Å². The quantitative estimate of drug-likeness (QED) is 0.685. The Labute approximate surface area is 143 Å². The number of aliphatic hydroxyl groups is 1. The van der Waals surface area contributed by atoms with E-state index in [1.54, 1.807) is 24.3 Å². The van der Waals surface area contributed by atoms with E-state index in [9.17, 15) is 14.7 Å². The number of aliphatic hydroxyl groups excluding tert-OH is 1. The van der Waals surface area contributed by atoms with Gasteiger partial charge in [-0.3, -0.25) is 9.59 Å². The van der Waals surface area contributed by atoms with Crippen LogP contribution in [0.5, 0.6) is 0 Å². The average molecular weight is 332 g/mol. The number of carbonyl (C=O) groups is 2. The van der Waals surface area contributed by atoms with Crippen molar-refractivity contribution in [1.82, 2.24) is 5.32 Å². The van der Waals surface area contributed by atoms with E-state index in [1.165, 1.54) is 0 Å². The van der Waals surface area contributed by atoms with Gasteiger partial charge in [0.1, 0.15) is 0 Å². The Morgan fingerprint density at radius 2 is 1.96 bits per heavy atom. The third-order valence-corrected chi connectivity index (χ3v) is 4.90. The highest BCUT2D eigenvalue weighted by Gasteiger charge is 2.39. The summed E-state index contributed by atoms with van der Waals surface area (Å²) in [5, 5.41) is 15.7. The van der Waals surface area contributed by atoms with E-state index in [0.717, 1.165) is 19.3 Å². The summed E-state index contributed by atoms with van der Waals surface area (Å²) in [5.74, 6) is 0.511. The Kier molecular flexibility index (Phi) is 6.37. The molecule has 2 amide bonds. The average Bonchev–Trinajstić information content (AvgIpc) is 3.31. The van der Waals surface area contributed by atoms with Gasteiger partial charge in [0, 0.05) is 23.7 Å². The van der Waals surface area contributed by atoms with Crippen molar-refractivity contribution in [2.75, 3.05) is 11.9 Å². The fraction of sp³-hybridized carbons (Fsp3) is 0.579. The fourth-order valence-electron chi connectivity index (χ4n) is 2.96. The van der Waals surface area contributed by atoms with E-state index < -0.39 is 6.10 Å². The van der Waals surface area contributed by atoms with Crippen LogP contribution in [-0.4, -0.2) is 29.6 Å². The summed E-state index contributed by atoms with van der Waals surface area (Å²) >= 11 is 0. The van der Waals surface area contributed by atoms with Crippen LogP contribution in [0.25, 0.3) is 0 Å². The van der Waals surface area contributed by atoms with Crippen molar-refractivity contribution in [2.24, 2.45) is 17.8 Å². The summed E-state index contributed by atoms with van der Waals surface area (Å²) < 4.78 is 0. The standard InChI is InChI=1S/C19H28N2O3/c1-4-13(5-2)17(22)11-20-18(23)14-7-6-8-15(10-14)21-19(24)16-9-12(16)3/h6-8,10,12-13,16-17,22H,4-5,9,11H2,1-3H3,(H,20,23)(H,21,24). The molecule has 0 radical (unpaired) electrons. The SMILES string of the molecule is CCC(CC)C(O)CNC(=O)c1cccc(NC(=O)C2CC2C)c1. The number of carbonyl (C=O) groups excluding carboxylic acids is 2. The highest BCUT2D eigenvalue weighted by atomic mass is 16.3. The molecule has 1 aliphatic carbocycles. The molecule has 132 valence electrons. The van der Waals surface area contributed by atoms with Crippen molar-refractivity contribution < 1.29 is 14.7 Å². The number of hydrogen-bond acceptors (Lipinski definition) is 3. The number of anilines is 1. The van der Waals surface area contributed by atoms with Crippen LogP contribution < -0.4 is 10.6 Å². The molecule has 0 heterocycles. The van der Waals surface area contributed by atoms with Crippen LogP contribution in [0.2, 0.25) is 0 Å². The van der Waals surface area contributed by atoms with Gasteiger partial charge in [0.05, 0.1) is 6.10 Å². The highest BCUT2D eigenvalue weighted by molar-refractivity contribution is 5.98. The monoisotopic (exact) mass is 332 g/mol. The van der Waals surface area contributed by atoms with Crippen molar-refractivity contribution in [2.45, 2.75) is 46.1 Å². The Morgan fingerprint density at radius 3 is 2.54 bits per heavy atom. The van der Waals surface area contributed by atoms with Crippen molar-refractivity contribution in [3.05, 3.63) is 29.8 Å². The first kappa shape index (κ1) is 18.5. The molecule has 1 aromatic rings. The molecular formula is C19H28N2O3. The van der Waals surface area contributed by atoms with Crippen molar-refractivity contribution in [3.8, 4) is 0 Å². The molecule has 24 heavy (non-hydrogen) atoms. The molecule has 5 nitrogen and oxygen atoms in total. The summed E-state index contributed by atoms with van der Waals surface area (Å²) in [4.78, 5) is 24.2. The van der Waals surface area contributed by atoms with Crippen LogP contribution in [-0.2, 0) is 4.79 Å². The van der Waals surface area contributed by atoms with Crippen LogP contribution in [0.15, 0.2) is 24.3 Å². The molecule has 0 saturated heterocycles. The maximum absolute atomic E-state index is 12.2. The van der Waals surface area contributed by atoms with E-state index in [4.69, 9.17) is 0 Å². The Bertz CT molecular complexity index is 584. The van der Waals surface area contributed by atoms with Gasteiger partial charge in [0.15, 0.2) is 0 Å². The molecule has 1 saturated carbocycles. The maximum atomic E-state index is 12.2. The zero-order chi connectivity index (χ0) is 17.7. The van der Waals surface area contributed by atoms with Crippen molar-refractivity contribution in [1.29, 1.82) is 0 Å². The largest absolute Gasteiger partial charge is 0.391 e. The highest BCUT2D eigenvalue weighted by Crippen LogP contribution is 2.38. The van der Waals surface area contributed by atoms with E-state index in [2.05, 4.69) is 17.6 Å². The molecule has 0 aliphatic heterocycles. The molecule has 3 unspecified atom stereocenters. The second-order valence-corrected chi connectivity index (χ2v) is 6.74. The minimum atomic E-state index is -0.539. The summed E-state index contributed by atoms with van der Waals surface area (Å²) in [6.07, 6.45) is 2.16. The number of amides is 2. The summed E-state index contributed by atoms with van der Waals surface area (Å²) in [5.41, 5.74) is 1.11. The third-order valence-electron chi connectivity index (χ3n) is 4.90. The smallest absolute Gasteiger partial charge is 0.251 e. The molecule has 3 N–H and O–H groups in total. The maximum Gasteiger partial charge on any atom is 0.251 e. The van der Waals surface area contributed by atoms with Gasteiger partial charge >= 0.3 is 0 Å². The predicted molar refractivity (Wildman–Crippen MR) is 94.8 cm³/mol. The second-order valence-electron chi connectivity index (χ2n) is 6.74. The van der Waals surface area contributed by atoms with Gasteiger partial charge in [0.2, 0.25) is 5.91 Å². The van der Waals surface area contributed by atoms with Crippen LogP contribution in [0.3, 0.4) is 0 Å². The summed E-state index contributed by atoms with van der Waals surface area (Å²) in [7, 11) is 0. The first-order valence-corrected chi connectivity index (χ1v) is 8.83. The van der Waals surface area contributed by atoms with Crippen molar-refractivity contribution in [3.63, 3.8) is 0 Å². The molecule has 0 spiro atoms. The molecule has 0 bridgehead atoms. The molecular weight excluding hydrogens is 304 g/mol. The normalized spacial score (nSPS) is 20.5. The van der Waals surface area contributed by atoms with Gasteiger partial charge in [-0.1, -0.05) is 39.7 Å². The molecule has 1 fully saturated rings. The second kappa shape index (κ2) is 8.29. The lowest BCUT2D eigenvalue weighted by molar-refractivity contribution is -0.117. The molecule has 1 aromatic carbocycles. The molecule has 0 aromatic heterocycles.